The van der Waals surface area contributed by atoms with Crippen LogP contribution >= 0.6 is 0 Å². The van der Waals surface area contributed by atoms with Gasteiger partial charge in [0.05, 0.1) is 0 Å². The first kappa shape index (κ1) is 11.0. The molecule has 96 valence electrons. The molecule has 2 N–H and O–H groups in total. The van der Waals surface area contributed by atoms with E-state index in [9.17, 15) is 0 Å². The van der Waals surface area contributed by atoms with E-state index in [0.29, 0.717) is 5.41 Å². The maximum atomic E-state index is 6.69. The third-order valence-electron chi connectivity index (χ3n) is 5.90. The molecular formula is C17H23N. The van der Waals surface area contributed by atoms with Crippen molar-refractivity contribution in [3.63, 3.8) is 0 Å². The lowest BCUT2D eigenvalue weighted by Crippen LogP contribution is -2.50. The highest BCUT2D eigenvalue weighted by Crippen LogP contribution is 2.63. The second kappa shape index (κ2) is 3.84. The standard InChI is InChI=1S/C17H23N/c18-16(15-4-2-1-3-5-15)17-9-12-6-13(10-17)8-14(7-12)11-17/h1-5,12-14,16H,6-11,18H2. The highest BCUT2D eigenvalue weighted by atomic mass is 14.7. The summed E-state index contributed by atoms with van der Waals surface area (Å²) >= 11 is 0. The van der Waals surface area contributed by atoms with E-state index in [0.717, 1.165) is 17.8 Å². The largest absolute Gasteiger partial charge is 0.323 e. The molecule has 1 atom stereocenters. The third kappa shape index (κ3) is 1.56. The zero-order valence-corrected chi connectivity index (χ0v) is 11.0. The Balaban J connectivity index is 1.67. The zero-order valence-electron chi connectivity index (χ0n) is 11.0. The molecule has 0 amide bonds. The fraction of sp³-hybridized carbons (Fsp3) is 0.647. The number of benzene rings is 1. The van der Waals surface area contributed by atoms with E-state index in [1.54, 1.807) is 0 Å². The van der Waals surface area contributed by atoms with E-state index in [1.165, 1.54) is 44.1 Å². The van der Waals surface area contributed by atoms with Gasteiger partial charge in [0.15, 0.2) is 0 Å². The molecule has 1 unspecified atom stereocenters. The van der Waals surface area contributed by atoms with Gasteiger partial charge in [0.1, 0.15) is 0 Å². The van der Waals surface area contributed by atoms with Gasteiger partial charge < -0.3 is 5.73 Å². The quantitative estimate of drug-likeness (QED) is 0.835. The summed E-state index contributed by atoms with van der Waals surface area (Å²) in [6.07, 6.45) is 8.70. The molecule has 4 bridgehead atoms. The predicted molar refractivity (Wildman–Crippen MR) is 74.0 cm³/mol. The Hall–Kier alpha value is -0.820. The Morgan fingerprint density at radius 2 is 1.39 bits per heavy atom. The van der Waals surface area contributed by atoms with Crippen LogP contribution in [-0.2, 0) is 0 Å². The van der Waals surface area contributed by atoms with Gasteiger partial charge in [-0.25, -0.2) is 0 Å². The summed E-state index contributed by atoms with van der Waals surface area (Å²) in [5, 5.41) is 0. The molecular weight excluding hydrogens is 218 g/mol. The van der Waals surface area contributed by atoms with Gasteiger partial charge in [0.2, 0.25) is 0 Å². The van der Waals surface area contributed by atoms with Gasteiger partial charge in [-0.1, -0.05) is 30.3 Å². The highest BCUT2D eigenvalue weighted by Gasteiger charge is 2.53. The molecule has 0 spiro atoms. The molecule has 0 aliphatic heterocycles. The molecule has 0 saturated heterocycles. The van der Waals surface area contributed by atoms with Crippen molar-refractivity contribution < 1.29 is 0 Å². The number of hydrogen-bond donors (Lipinski definition) is 1. The van der Waals surface area contributed by atoms with Crippen molar-refractivity contribution in [2.75, 3.05) is 0 Å². The number of hydrogen-bond acceptors (Lipinski definition) is 1. The fourth-order valence-corrected chi connectivity index (χ4v) is 5.57. The van der Waals surface area contributed by atoms with Crippen LogP contribution in [0.15, 0.2) is 30.3 Å². The van der Waals surface area contributed by atoms with Gasteiger partial charge in [-0.3, -0.25) is 0 Å². The Morgan fingerprint density at radius 3 is 1.89 bits per heavy atom. The average Bonchev–Trinajstić information content (AvgIpc) is 2.37. The summed E-state index contributed by atoms with van der Waals surface area (Å²) in [5.41, 5.74) is 8.50. The molecule has 0 radical (unpaired) electrons. The Bertz CT molecular complexity index is 401. The van der Waals surface area contributed by atoms with Gasteiger partial charge in [0.25, 0.3) is 0 Å². The Kier molecular flexibility index (Phi) is 2.35. The lowest BCUT2D eigenvalue weighted by atomic mass is 9.47. The van der Waals surface area contributed by atoms with E-state index in [2.05, 4.69) is 30.3 Å². The highest BCUT2D eigenvalue weighted by molar-refractivity contribution is 5.23. The zero-order chi connectivity index (χ0) is 12.2. The maximum absolute atomic E-state index is 6.69. The van der Waals surface area contributed by atoms with E-state index >= 15 is 0 Å². The van der Waals surface area contributed by atoms with Crippen LogP contribution in [0.3, 0.4) is 0 Å². The second-order valence-electron chi connectivity index (χ2n) is 7.17. The monoisotopic (exact) mass is 241 g/mol. The average molecular weight is 241 g/mol. The minimum absolute atomic E-state index is 0.270. The molecule has 0 heterocycles. The van der Waals surface area contributed by atoms with Crippen molar-refractivity contribution in [1.29, 1.82) is 0 Å². The van der Waals surface area contributed by atoms with Gasteiger partial charge in [0, 0.05) is 6.04 Å². The molecule has 1 aromatic rings. The summed E-state index contributed by atoms with van der Waals surface area (Å²) in [4.78, 5) is 0. The minimum atomic E-state index is 0.270. The molecule has 18 heavy (non-hydrogen) atoms. The van der Waals surface area contributed by atoms with Gasteiger partial charge in [-0.15, -0.1) is 0 Å². The lowest BCUT2D eigenvalue weighted by molar-refractivity contribution is -0.0677. The first-order valence-corrected chi connectivity index (χ1v) is 7.56. The van der Waals surface area contributed by atoms with Gasteiger partial charge in [-0.05, 0) is 67.3 Å². The van der Waals surface area contributed by atoms with Crippen molar-refractivity contribution in [3.05, 3.63) is 35.9 Å². The van der Waals surface area contributed by atoms with Gasteiger partial charge in [-0.2, -0.15) is 0 Å². The van der Waals surface area contributed by atoms with Crippen LogP contribution < -0.4 is 5.73 Å². The summed E-state index contributed by atoms with van der Waals surface area (Å²) in [7, 11) is 0. The second-order valence-corrected chi connectivity index (χ2v) is 7.17. The summed E-state index contributed by atoms with van der Waals surface area (Å²) in [6.45, 7) is 0. The van der Waals surface area contributed by atoms with Crippen molar-refractivity contribution >= 4 is 0 Å². The van der Waals surface area contributed by atoms with Crippen LogP contribution in [0.25, 0.3) is 0 Å². The van der Waals surface area contributed by atoms with Crippen molar-refractivity contribution in [2.45, 2.75) is 44.6 Å². The normalized spacial score (nSPS) is 43.1. The molecule has 5 rings (SSSR count). The lowest BCUT2D eigenvalue weighted by Gasteiger charge is -2.59. The molecule has 4 fully saturated rings. The summed E-state index contributed by atoms with van der Waals surface area (Å²) in [6, 6.07) is 11.1. The van der Waals surface area contributed by atoms with Gasteiger partial charge >= 0.3 is 0 Å². The van der Waals surface area contributed by atoms with Crippen molar-refractivity contribution in [1.82, 2.24) is 0 Å². The molecule has 1 nitrogen and oxygen atoms in total. The molecule has 0 aromatic heterocycles. The Labute approximate surface area is 110 Å². The van der Waals surface area contributed by atoms with Crippen LogP contribution in [0, 0.1) is 23.2 Å². The predicted octanol–water partition coefficient (Wildman–Crippen LogP) is 3.90. The van der Waals surface area contributed by atoms with E-state index in [1.807, 2.05) is 0 Å². The smallest absolute Gasteiger partial charge is 0.0352 e. The number of rotatable bonds is 2. The van der Waals surface area contributed by atoms with Crippen LogP contribution in [0.2, 0.25) is 0 Å². The summed E-state index contributed by atoms with van der Waals surface area (Å²) in [5.74, 6) is 2.98. The SMILES string of the molecule is NC(c1ccccc1)C12CC3CC(CC(C3)C1)C2. The third-order valence-corrected chi connectivity index (χ3v) is 5.90. The van der Waals surface area contributed by atoms with E-state index in [-0.39, 0.29) is 6.04 Å². The first-order chi connectivity index (χ1) is 8.75. The van der Waals surface area contributed by atoms with Crippen molar-refractivity contribution in [3.8, 4) is 0 Å². The molecule has 1 heteroatoms. The molecule has 4 aliphatic carbocycles. The maximum Gasteiger partial charge on any atom is 0.0352 e. The van der Waals surface area contributed by atoms with Crippen molar-refractivity contribution in [2.24, 2.45) is 28.9 Å². The molecule has 4 saturated carbocycles. The van der Waals surface area contributed by atoms with Crippen LogP contribution in [0.1, 0.15) is 50.1 Å². The van der Waals surface area contributed by atoms with E-state index in [4.69, 9.17) is 5.73 Å². The van der Waals surface area contributed by atoms with E-state index < -0.39 is 0 Å². The first-order valence-electron chi connectivity index (χ1n) is 7.56. The van der Waals surface area contributed by atoms with Crippen LogP contribution in [0.4, 0.5) is 0 Å². The Morgan fingerprint density at radius 1 is 0.889 bits per heavy atom. The fourth-order valence-electron chi connectivity index (χ4n) is 5.57. The minimum Gasteiger partial charge on any atom is -0.323 e. The van der Waals surface area contributed by atoms with Crippen LogP contribution in [-0.4, -0.2) is 0 Å². The van der Waals surface area contributed by atoms with Crippen LogP contribution in [0.5, 0.6) is 0 Å². The molecule has 1 aromatic carbocycles. The number of nitrogens with two attached hydrogens (primary N) is 1. The molecule has 4 aliphatic rings. The topological polar surface area (TPSA) is 26.0 Å². The summed E-state index contributed by atoms with van der Waals surface area (Å²) < 4.78 is 0.